The van der Waals surface area contributed by atoms with Crippen LogP contribution in [0.4, 0.5) is 0 Å². The Bertz CT molecular complexity index is 2210. The van der Waals surface area contributed by atoms with Gasteiger partial charge < -0.3 is 14.2 Å². The maximum Gasteiger partial charge on any atom is 0.338 e. The summed E-state index contributed by atoms with van der Waals surface area (Å²) in [5.41, 5.74) is 5.09. The lowest BCUT2D eigenvalue weighted by Crippen LogP contribution is -2.40. The Morgan fingerprint density at radius 1 is 1.04 bits per heavy atom. The van der Waals surface area contributed by atoms with Crippen LogP contribution < -0.4 is 24.4 Å². The van der Waals surface area contributed by atoms with Gasteiger partial charge in [-0.15, -0.1) is 0 Å². The maximum atomic E-state index is 14.4. The van der Waals surface area contributed by atoms with Gasteiger partial charge in [0.1, 0.15) is 6.61 Å². The summed E-state index contributed by atoms with van der Waals surface area (Å²) in [5.74, 6) is 1.01. The number of nitrogens with zero attached hydrogens (tertiary/aromatic N) is 2. The molecule has 4 aromatic carbocycles. The molecule has 0 fully saturated rings. The number of methoxy groups -OCH3 is 1. The molecular formula is C39H34BrIN2O5S. The molecule has 10 heteroatoms. The number of carbonyl (C=O) groups excluding carboxylic acids is 1. The molecular weight excluding hydrogens is 815 g/mol. The monoisotopic (exact) mass is 848 g/mol. The van der Waals surface area contributed by atoms with Crippen LogP contribution in [-0.4, -0.2) is 24.3 Å². The molecule has 0 saturated carbocycles. The van der Waals surface area contributed by atoms with Crippen molar-refractivity contribution in [1.29, 1.82) is 0 Å². The zero-order valence-electron chi connectivity index (χ0n) is 27.4. The molecule has 2 heterocycles. The van der Waals surface area contributed by atoms with Gasteiger partial charge in [-0.1, -0.05) is 108 Å². The van der Waals surface area contributed by atoms with Crippen molar-refractivity contribution < 1.29 is 19.0 Å². The van der Waals surface area contributed by atoms with Crippen molar-refractivity contribution >= 4 is 67.6 Å². The quantitative estimate of drug-likeness (QED) is 0.105. The standard InChI is InChI=1S/C39H34BrIN2O5S/c1-5-47-38(45)33-34(27-9-7-6-8-10-27)42-39-43(35(33)28-15-13-26(14-16-28)23(2)3)37(44)32(49-39)21-25-19-30(41)36(31(20-25)46-4)48-22-24-11-17-29(40)18-12-24/h6-21,23,35H,5,22H2,1-4H3/b32-21-/t35-/m0/s1. The van der Waals surface area contributed by atoms with E-state index in [4.69, 9.17) is 19.2 Å². The number of esters is 1. The Hall–Kier alpha value is -4.00. The highest BCUT2D eigenvalue weighted by molar-refractivity contribution is 14.1. The zero-order chi connectivity index (χ0) is 34.7. The van der Waals surface area contributed by atoms with Gasteiger partial charge in [-0.3, -0.25) is 9.36 Å². The molecule has 0 spiro atoms. The van der Waals surface area contributed by atoms with Gasteiger partial charge in [0.15, 0.2) is 16.3 Å². The number of rotatable bonds is 10. The number of halogens is 2. The summed E-state index contributed by atoms with van der Waals surface area (Å²) in [7, 11) is 1.60. The molecule has 6 rings (SSSR count). The number of aromatic nitrogens is 1. The summed E-state index contributed by atoms with van der Waals surface area (Å²) in [4.78, 5) is 33.6. The molecule has 1 aromatic heterocycles. The minimum Gasteiger partial charge on any atom is -0.493 e. The lowest BCUT2D eigenvalue weighted by atomic mass is 9.91. The Morgan fingerprint density at radius 3 is 2.41 bits per heavy atom. The van der Waals surface area contributed by atoms with Crippen LogP contribution in [0.25, 0.3) is 11.8 Å². The highest BCUT2D eigenvalue weighted by Crippen LogP contribution is 2.37. The van der Waals surface area contributed by atoms with Crippen molar-refractivity contribution in [3.63, 3.8) is 0 Å². The van der Waals surface area contributed by atoms with Gasteiger partial charge in [0.05, 0.1) is 39.1 Å². The van der Waals surface area contributed by atoms with Gasteiger partial charge in [0.2, 0.25) is 0 Å². The lowest BCUT2D eigenvalue weighted by molar-refractivity contribution is -0.138. The van der Waals surface area contributed by atoms with E-state index in [9.17, 15) is 9.59 Å². The van der Waals surface area contributed by atoms with Crippen molar-refractivity contribution in [2.75, 3.05) is 13.7 Å². The molecule has 5 aromatic rings. The normalized spacial score (nSPS) is 14.4. The van der Waals surface area contributed by atoms with Gasteiger partial charge in [-0.2, -0.15) is 0 Å². The van der Waals surface area contributed by atoms with E-state index in [1.165, 1.54) is 11.3 Å². The Balaban J connectivity index is 1.49. The Kier molecular flexibility index (Phi) is 10.9. The van der Waals surface area contributed by atoms with Crippen molar-refractivity contribution in [2.24, 2.45) is 4.99 Å². The van der Waals surface area contributed by atoms with Crippen LogP contribution in [-0.2, 0) is 16.1 Å². The zero-order valence-corrected chi connectivity index (χ0v) is 32.0. The molecule has 1 atom stereocenters. The predicted octanol–water partition coefficient (Wildman–Crippen LogP) is 8.01. The van der Waals surface area contributed by atoms with E-state index in [0.717, 1.165) is 35.9 Å². The fraction of sp³-hybridized carbons (Fsp3) is 0.205. The van der Waals surface area contributed by atoms with E-state index in [-0.39, 0.29) is 12.2 Å². The molecule has 0 saturated heterocycles. The molecule has 49 heavy (non-hydrogen) atoms. The van der Waals surface area contributed by atoms with E-state index >= 15 is 0 Å². The third-order valence-corrected chi connectivity index (χ3v) is 10.5. The summed E-state index contributed by atoms with van der Waals surface area (Å²) in [5, 5.41) is 0. The number of benzene rings is 4. The summed E-state index contributed by atoms with van der Waals surface area (Å²) in [6, 6.07) is 28.7. The average molecular weight is 850 g/mol. The van der Waals surface area contributed by atoms with Crippen LogP contribution in [0.1, 0.15) is 60.5 Å². The summed E-state index contributed by atoms with van der Waals surface area (Å²) in [6.07, 6.45) is 1.84. The van der Waals surface area contributed by atoms with Gasteiger partial charge in [-0.25, -0.2) is 9.79 Å². The van der Waals surface area contributed by atoms with Crippen molar-refractivity contribution in [3.8, 4) is 11.5 Å². The van der Waals surface area contributed by atoms with Gasteiger partial charge in [0, 0.05) is 10.0 Å². The van der Waals surface area contributed by atoms with Gasteiger partial charge in [-0.05, 0) is 88.0 Å². The van der Waals surface area contributed by atoms with Crippen LogP contribution in [0, 0.1) is 3.57 Å². The van der Waals surface area contributed by atoms with Gasteiger partial charge >= 0.3 is 5.97 Å². The number of thiazole rings is 1. The maximum absolute atomic E-state index is 14.4. The molecule has 0 bridgehead atoms. The van der Waals surface area contributed by atoms with Crippen molar-refractivity contribution in [1.82, 2.24) is 4.57 Å². The highest BCUT2D eigenvalue weighted by atomic mass is 127. The second-order valence-corrected chi connectivity index (χ2v) is 14.8. The van der Waals surface area contributed by atoms with E-state index in [2.05, 4.69) is 64.5 Å². The highest BCUT2D eigenvalue weighted by Gasteiger charge is 2.35. The van der Waals surface area contributed by atoms with Crippen LogP contribution in [0.5, 0.6) is 11.5 Å². The van der Waals surface area contributed by atoms with E-state index < -0.39 is 12.0 Å². The van der Waals surface area contributed by atoms with Crippen LogP contribution in [0.2, 0.25) is 0 Å². The first kappa shape index (κ1) is 34.8. The predicted molar refractivity (Wildman–Crippen MR) is 206 cm³/mol. The molecule has 0 unspecified atom stereocenters. The van der Waals surface area contributed by atoms with Crippen molar-refractivity contribution in [2.45, 2.75) is 39.3 Å². The van der Waals surface area contributed by atoms with E-state index in [1.807, 2.05) is 84.9 Å². The Labute approximate surface area is 310 Å². The third kappa shape index (κ3) is 7.46. The number of hydrogen-bond donors (Lipinski definition) is 0. The molecule has 1 aliphatic heterocycles. The van der Waals surface area contributed by atoms with Crippen LogP contribution in [0.15, 0.2) is 111 Å². The third-order valence-electron chi connectivity index (χ3n) is 8.14. The molecule has 7 nitrogen and oxygen atoms in total. The van der Waals surface area contributed by atoms with E-state index in [1.54, 1.807) is 18.6 Å². The molecule has 0 aliphatic carbocycles. The van der Waals surface area contributed by atoms with Crippen molar-refractivity contribution in [3.05, 3.63) is 152 Å². The first-order chi connectivity index (χ1) is 23.7. The SMILES string of the molecule is CCOC(=O)C1=C(c2ccccc2)N=c2s/c(=C\c3cc(I)c(OCc4ccc(Br)cc4)c(OC)c3)c(=O)n2[C@H]1c1ccc(C(C)C)cc1. The second kappa shape index (κ2) is 15.3. The molecule has 250 valence electrons. The summed E-state index contributed by atoms with van der Waals surface area (Å²) < 4.78 is 21.5. The minimum atomic E-state index is -0.738. The lowest BCUT2D eigenvalue weighted by Gasteiger charge is -2.26. The smallest absolute Gasteiger partial charge is 0.338 e. The average Bonchev–Trinajstić information content (AvgIpc) is 3.41. The van der Waals surface area contributed by atoms with Gasteiger partial charge in [0.25, 0.3) is 5.56 Å². The minimum absolute atomic E-state index is 0.192. The molecule has 0 amide bonds. The number of carbonyl (C=O) groups is 1. The van der Waals surface area contributed by atoms with E-state index in [0.29, 0.717) is 44.6 Å². The van der Waals surface area contributed by atoms with Crippen LogP contribution in [0.3, 0.4) is 0 Å². The second-order valence-electron chi connectivity index (χ2n) is 11.7. The molecule has 0 radical (unpaired) electrons. The first-order valence-corrected chi connectivity index (χ1v) is 18.5. The fourth-order valence-electron chi connectivity index (χ4n) is 5.67. The fourth-order valence-corrected chi connectivity index (χ4v) is 7.72. The number of ether oxygens (including phenoxy) is 3. The van der Waals surface area contributed by atoms with Crippen LogP contribution >= 0.6 is 49.9 Å². The Morgan fingerprint density at radius 2 is 1.76 bits per heavy atom. The largest absolute Gasteiger partial charge is 0.493 e. The molecule has 1 aliphatic rings. The number of hydrogen-bond acceptors (Lipinski definition) is 7. The summed E-state index contributed by atoms with van der Waals surface area (Å²) >= 11 is 6.98. The number of fused-ring (bicyclic) bond motifs is 1. The topological polar surface area (TPSA) is 79.1 Å². The first-order valence-electron chi connectivity index (χ1n) is 15.8. The molecule has 0 N–H and O–H groups in total. The summed E-state index contributed by atoms with van der Waals surface area (Å²) in [6.45, 7) is 6.61.